The van der Waals surface area contributed by atoms with Crippen molar-refractivity contribution in [2.75, 3.05) is 39.6 Å². The molecule has 0 aromatic rings. The molecule has 0 radical (unpaired) electrons. The van der Waals surface area contributed by atoms with Gasteiger partial charge in [-0.3, -0.25) is 19.2 Å². The number of ether oxygens (including phenoxy) is 8. The average Bonchev–Trinajstić information content (AvgIpc) is 3.80. The number of allylic oxidation sites excluding steroid dienone is 1. The molecule has 0 amide bonds. The molecule has 3 saturated heterocycles. The highest BCUT2D eigenvalue weighted by Crippen LogP contribution is 2.14. The summed E-state index contributed by atoms with van der Waals surface area (Å²) in [6, 6.07) is 0. The van der Waals surface area contributed by atoms with Crippen LogP contribution in [0.1, 0.15) is 72.1 Å². The Hall–Kier alpha value is -2.78. The van der Waals surface area contributed by atoms with Crippen LogP contribution in [0, 0.1) is 0 Å². The number of rotatable bonds is 21. The van der Waals surface area contributed by atoms with E-state index in [0.717, 1.165) is 6.61 Å². The van der Waals surface area contributed by atoms with Crippen molar-refractivity contribution in [2.24, 2.45) is 0 Å². The van der Waals surface area contributed by atoms with Gasteiger partial charge in [0.05, 0.1) is 39.3 Å². The summed E-state index contributed by atoms with van der Waals surface area (Å²) in [5, 5.41) is 16.1. The van der Waals surface area contributed by atoms with Crippen molar-refractivity contribution in [2.45, 2.75) is 103 Å². The predicted molar refractivity (Wildman–Crippen MR) is 145 cm³/mol. The molecule has 5 atom stereocenters. The maximum Gasteiger partial charge on any atom is 0.308 e. The Bertz CT molecular complexity index is 752. The molecule has 5 unspecified atom stereocenters. The molecule has 0 saturated carbocycles. The number of hydrogen-bond acceptors (Lipinski definition) is 12. The van der Waals surface area contributed by atoms with Crippen LogP contribution in [0.3, 0.4) is 0 Å². The molecule has 3 fully saturated rings. The molecule has 14 heteroatoms. The fraction of sp³-hybridized carbons (Fsp3) is 0.786. The number of carboxylic acids is 2. The van der Waals surface area contributed by atoms with Gasteiger partial charge >= 0.3 is 23.9 Å². The SMILES string of the molecule is C/C=C\OCC1CO1.CCC(OCC1CO1)OC(=O)CCCC(=O)OC(CC)OCC1CO1.O=C(O)CCCC(=O)O. The Balaban J connectivity index is 0.000000421. The lowest BCUT2D eigenvalue weighted by molar-refractivity contribution is -0.182. The van der Waals surface area contributed by atoms with Crippen LogP contribution in [-0.2, 0) is 57.1 Å². The molecule has 0 aromatic carbocycles. The molecule has 3 aliphatic rings. The quantitative estimate of drug-likeness (QED) is 0.0838. The van der Waals surface area contributed by atoms with Gasteiger partial charge in [-0.25, -0.2) is 0 Å². The summed E-state index contributed by atoms with van der Waals surface area (Å²) in [4.78, 5) is 43.2. The van der Waals surface area contributed by atoms with Gasteiger partial charge in [0.2, 0.25) is 12.6 Å². The van der Waals surface area contributed by atoms with E-state index in [0.29, 0.717) is 58.4 Å². The largest absolute Gasteiger partial charge is 0.499 e. The van der Waals surface area contributed by atoms with Crippen molar-refractivity contribution in [3.05, 3.63) is 12.3 Å². The second kappa shape index (κ2) is 22.8. The van der Waals surface area contributed by atoms with Gasteiger partial charge in [-0.1, -0.05) is 19.9 Å². The topological polar surface area (TPSA) is 192 Å². The van der Waals surface area contributed by atoms with Crippen LogP contribution in [0.2, 0.25) is 0 Å². The minimum Gasteiger partial charge on any atom is -0.499 e. The zero-order valence-electron chi connectivity index (χ0n) is 24.7. The van der Waals surface area contributed by atoms with E-state index in [1.165, 1.54) is 0 Å². The number of carbonyl (C=O) groups is 4. The highest BCUT2D eigenvalue weighted by Gasteiger charge is 2.26. The molecule has 3 rings (SSSR count). The van der Waals surface area contributed by atoms with Gasteiger partial charge < -0.3 is 48.1 Å². The second-order valence-corrected chi connectivity index (χ2v) is 9.49. The van der Waals surface area contributed by atoms with E-state index in [1.807, 2.05) is 26.8 Å². The highest BCUT2D eigenvalue weighted by atomic mass is 16.7. The molecule has 3 aliphatic heterocycles. The van der Waals surface area contributed by atoms with Crippen LogP contribution >= 0.6 is 0 Å². The molecule has 0 aliphatic carbocycles. The first-order valence-electron chi connectivity index (χ1n) is 14.3. The molecule has 242 valence electrons. The molecule has 42 heavy (non-hydrogen) atoms. The Morgan fingerprint density at radius 2 is 1.10 bits per heavy atom. The fourth-order valence-electron chi connectivity index (χ4n) is 2.83. The molecule has 0 spiro atoms. The first-order chi connectivity index (χ1) is 20.2. The first-order valence-corrected chi connectivity index (χ1v) is 14.3. The zero-order chi connectivity index (χ0) is 31.2. The summed E-state index contributed by atoms with van der Waals surface area (Å²) in [7, 11) is 0. The van der Waals surface area contributed by atoms with E-state index < -0.39 is 24.5 Å². The van der Waals surface area contributed by atoms with Gasteiger partial charge in [-0.15, -0.1) is 0 Å². The summed E-state index contributed by atoms with van der Waals surface area (Å²) in [6.45, 7) is 9.52. The van der Waals surface area contributed by atoms with Crippen LogP contribution in [-0.4, -0.2) is 105 Å². The Kier molecular flexibility index (Phi) is 20.2. The van der Waals surface area contributed by atoms with Crippen molar-refractivity contribution in [1.29, 1.82) is 0 Å². The average molecular weight is 607 g/mol. The molecule has 2 N–H and O–H groups in total. The standard InChI is InChI=1S/C17H28O8.C6H10O2.C5H8O4/c1-3-16(22-10-12-8-20-12)24-14(18)6-5-7-15(19)25-17(4-2)23-11-13-9-21-13;1-2-3-7-4-6-5-8-6;6-4(7)2-1-3-5(8)9/h12-13,16-17H,3-11H2,1-2H3;2-3,6H,4-5H2,1H3;1-3H2,(H,6,7)(H,8,9)/b;3-2-;. The number of aliphatic carboxylic acids is 2. The third kappa shape index (κ3) is 23.9. The van der Waals surface area contributed by atoms with Gasteiger partial charge in [0.1, 0.15) is 24.9 Å². The maximum absolute atomic E-state index is 11.8. The monoisotopic (exact) mass is 606 g/mol. The van der Waals surface area contributed by atoms with E-state index in [4.69, 9.17) is 48.1 Å². The molecular formula is C28H46O14. The first kappa shape index (κ1) is 37.2. The molecule has 14 nitrogen and oxygen atoms in total. The Labute approximate surface area is 246 Å². The summed E-state index contributed by atoms with van der Waals surface area (Å²) >= 11 is 0. The number of epoxide rings is 3. The maximum atomic E-state index is 11.8. The molecule has 3 heterocycles. The molecule has 0 bridgehead atoms. The number of hydrogen-bond donors (Lipinski definition) is 2. The van der Waals surface area contributed by atoms with Crippen molar-refractivity contribution in [3.8, 4) is 0 Å². The molecule has 0 aromatic heterocycles. The number of carbonyl (C=O) groups excluding carboxylic acids is 2. The predicted octanol–water partition coefficient (Wildman–Crippen LogP) is 2.81. The smallest absolute Gasteiger partial charge is 0.308 e. The summed E-state index contributed by atoms with van der Waals surface area (Å²) < 4.78 is 41.3. The number of esters is 2. The second-order valence-electron chi connectivity index (χ2n) is 9.49. The van der Waals surface area contributed by atoms with E-state index >= 15 is 0 Å². The van der Waals surface area contributed by atoms with Crippen molar-refractivity contribution in [3.63, 3.8) is 0 Å². The van der Waals surface area contributed by atoms with E-state index in [-0.39, 0.29) is 56.3 Å². The minimum absolute atomic E-state index is 0.0632. The lowest BCUT2D eigenvalue weighted by atomic mass is 10.2. The van der Waals surface area contributed by atoms with Crippen molar-refractivity contribution >= 4 is 23.9 Å². The van der Waals surface area contributed by atoms with Gasteiger partial charge in [-0.2, -0.15) is 0 Å². The summed E-state index contributed by atoms with van der Waals surface area (Å²) in [5.41, 5.74) is 0. The van der Waals surface area contributed by atoms with E-state index in [9.17, 15) is 19.2 Å². The minimum atomic E-state index is -0.948. The van der Waals surface area contributed by atoms with Gasteiger partial charge in [0.25, 0.3) is 0 Å². The number of carboxylic acid groups (broad SMARTS) is 2. The van der Waals surface area contributed by atoms with Gasteiger partial charge in [0, 0.05) is 38.5 Å². The normalized spacial score (nSPS) is 21.0. The Morgan fingerprint density at radius 3 is 1.43 bits per heavy atom. The van der Waals surface area contributed by atoms with E-state index in [1.54, 1.807) is 6.26 Å². The lowest BCUT2D eigenvalue weighted by Gasteiger charge is -2.17. The molecular weight excluding hydrogens is 560 g/mol. The summed E-state index contributed by atoms with van der Waals surface area (Å²) in [5.74, 6) is -2.66. The fourth-order valence-corrected chi connectivity index (χ4v) is 2.83. The van der Waals surface area contributed by atoms with Crippen molar-refractivity contribution in [1.82, 2.24) is 0 Å². The zero-order valence-corrected chi connectivity index (χ0v) is 24.7. The van der Waals surface area contributed by atoms with Crippen LogP contribution in [0.25, 0.3) is 0 Å². The van der Waals surface area contributed by atoms with E-state index in [2.05, 4.69) is 0 Å². The Morgan fingerprint density at radius 1 is 0.714 bits per heavy atom. The van der Waals surface area contributed by atoms with Crippen LogP contribution in [0.5, 0.6) is 0 Å². The van der Waals surface area contributed by atoms with Crippen molar-refractivity contribution < 1.29 is 67.3 Å². The highest BCUT2D eigenvalue weighted by molar-refractivity contribution is 5.72. The van der Waals surface area contributed by atoms with Crippen LogP contribution < -0.4 is 0 Å². The van der Waals surface area contributed by atoms with Crippen LogP contribution in [0.4, 0.5) is 0 Å². The van der Waals surface area contributed by atoms with Gasteiger partial charge in [0.15, 0.2) is 0 Å². The van der Waals surface area contributed by atoms with Gasteiger partial charge in [-0.05, 0) is 19.8 Å². The third-order valence-electron chi connectivity index (χ3n) is 5.39. The van der Waals surface area contributed by atoms with Crippen LogP contribution in [0.15, 0.2) is 12.3 Å². The third-order valence-corrected chi connectivity index (χ3v) is 5.39. The summed E-state index contributed by atoms with van der Waals surface area (Å²) in [6.07, 6.45) is 4.93. The lowest BCUT2D eigenvalue weighted by Crippen LogP contribution is -2.24.